The van der Waals surface area contributed by atoms with Gasteiger partial charge in [0.15, 0.2) is 0 Å². The van der Waals surface area contributed by atoms with Gasteiger partial charge in [-0.3, -0.25) is 10.2 Å². The minimum atomic E-state index is -3.86. The van der Waals surface area contributed by atoms with Gasteiger partial charge in [-0.2, -0.15) is 13.5 Å². The van der Waals surface area contributed by atoms with E-state index in [-0.39, 0.29) is 30.4 Å². The predicted octanol–water partition coefficient (Wildman–Crippen LogP) is 2.39. The second kappa shape index (κ2) is 9.52. The second-order valence-corrected chi connectivity index (χ2v) is 9.80. The second-order valence-electron chi connectivity index (χ2n) is 8.21. The van der Waals surface area contributed by atoms with Crippen LogP contribution in [0.4, 0.5) is 4.79 Å². The molecule has 0 aromatic heterocycles. The Hall–Kier alpha value is -2.53. The molecule has 1 amide bonds. The molecular formula is C19H28N4O6S. The molecule has 2 N–H and O–H groups in total. The highest BCUT2D eigenvalue weighted by Crippen LogP contribution is 2.25. The zero-order valence-corrected chi connectivity index (χ0v) is 18.3. The number of carboxylic acids is 1. The highest BCUT2D eigenvalue weighted by atomic mass is 32.2. The smallest absolute Gasteiger partial charge is 0.411 e. The molecule has 2 rings (SSSR count). The minimum Gasteiger partial charge on any atom is -0.480 e. The van der Waals surface area contributed by atoms with Crippen LogP contribution < -0.4 is 5.32 Å². The van der Waals surface area contributed by atoms with E-state index in [4.69, 9.17) is 4.74 Å². The number of carbonyl (C=O) groups is 2. The monoisotopic (exact) mass is 440 g/mol. The van der Waals surface area contributed by atoms with E-state index in [1.54, 1.807) is 32.9 Å². The van der Waals surface area contributed by atoms with E-state index in [0.29, 0.717) is 6.54 Å². The van der Waals surface area contributed by atoms with Gasteiger partial charge in [0.05, 0.1) is 4.90 Å². The number of likely N-dealkylation sites (tertiary alicyclic amines) is 1. The summed E-state index contributed by atoms with van der Waals surface area (Å²) in [5.41, 5.74) is 0.212. The summed E-state index contributed by atoms with van der Waals surface area (Å²) in [4.78, 5) is 25.1. The fourth-order valence-corrected chi connectivity index (χ4v) is 3.79. The van der Waals surface area contributed by atoms with Crippen LogP contribution in [-0.2, 0) is 19.6 Å². The van der Waals surface area contributed by atoms with Crippen molar-refractivity contribution < 1.29 is 27.9 Å². The summed E-state index contributed by atoms with van der Waals surface area (Å²) in [6.45, 7) is 7.52. The first-order valence-corrected chi connectivity index (χ1v) is 11.0. The largest absolute Gasteiger partial charge is 0.480 e. The molecule has 166 valence electrons. The van der Waals surface area contributed by atoms with Crippen molar-refractivity contribution in [2.45, 2.75) is 50.7 Å². The number of amides is 1. The summed E-state index contributed by atoms with van der Waals surface area (Å²) < 4.78 is 32.9. The van der Waals surface area contributed by atoms with Gasteiger partial charge in [-0.1, -0.05) is 22.2 Å². The number of carbonyl (C=O) groups excluding carboxylic acids is 1. The molecule has 1 fully saturated rings. The highest BCUT2D eigenvalue weighted by Gasteiger charge is 2.41. The standard InChI is InChI=1S/C19H28N4O6S/c1-13-5-7-15(8-6-13)30(27,28)22-21-12-20-10-14-9-16(17(24)25)23(11-14)18(26)29-19(2,3)4/h5-8,14,16,20H,9-12H2,1-4H3,(H,24,25)/t14-,16+/m1/s1. The SMILES string of the molecule is Cc1ccc(S(=O)(=O)N=NCNC[C@H]2C[C@@H](C(=O)O)N(C(=O)OC(C)(C)C)C2)cc1. The molecule has 11 heteroatoms. The van der Waals surface area contributed by atoms with Crippen molar-refractivity contribution in [3.8, 4) is 0 Å². The number of aryl methyl sites for hydroxylation is 1. The molecule has 0 aliphatic carbocycles. The Balaban J connectivity index is 1.87. The number of nitrogens with zero attached hydrogens (tertiary/aromatic N) is 3. The van der Waals surface area contributed by atoms with E-state index in [1.807, 2.05) is 6.92 Å². The van der Waals surface area contributed by atoms with Crippen molar-refractivity contribution in [2.75, 3.05) is 19.8 Å². The Morgan fingerprint density at radius 1 is 1.27 bits per heavy atom. The van der Waals surface area contributed by atoms with Crippen LogP contribution in [0.2, 0.25) is 0 Å². The summed E-state index contributed by atoms with van der Waals surface area (Å²) >= 11 is 0. The van der Waals surface area contributed by atoms with Gasteiger partial charge >= 0.3 is 12.1 Å². The Morgan fingerprint density at radius 2 is 1.90 bits per heavy atom. The van der Waals surface area contributed by atoms with E-state index >= 15 is 0 Å². The van der Waals surface area contributed by atoms with Crippen LogP contribution in [-0.4, -0.2) is 61.9 Å². The average molecular weight is 441 g/mol. The highest BCUT2D eigenvalue weighted by molar-refractivity contribution is 7.90. The first kappa shape index (κ1) is 23.7. The van der Waals surface area contributed by atoms with Crippen molar-refractivity contribution in [1.82, 2.24) is 10.2 Å². The molecule has 10 nitrogen and oxygen atoms in total. The molecule has 1 heterocycles. The topological polar surface area (TPSA) is 138 Å². The number of benzene rings is 1. The van der Waals surface area contributed by atoms with Crippen molar-refractivity contribution in [2.24, 2.45) is 15.6 Å². The van der Waals surface area contributed by atoms with E-state index in [2.05, 4.69) is 15.0 Å². The quantitative estimate of drug-likeness (QED) is 0.490. The van der Waals surface area contributed by atoms with Crippen LogP contribution in [0.25, 0.3) is 0 Å². The van der Waals surface area contributed by atoms with Gasteiger partial charge in [-0.15, -0.1) is 0 Å². The van der Waals surface area contributed by atoms with Gasteiger partial charge in [-0.25, -0.2) is 9.59 Å². The Kier molecular flexibility index (Phi) is 7.54. The van der Waals surface area contributed by atoms with Crippen LogP contribution in [0.1, 0.15) is 32.8 Å². The van der Waals surface area contributed by atoms with Crippen molar-refractivity contribution in [3.05, 3.63) is 29.8 Å². The van der Waals surface area contributed by atoms with Gasteiger partial charge in [0.2, 0.25) is 0 Å². The zero-order valence-electron chi connectivity index (χ0n) is 17.5. The van der Waals surface area contributed by atoms with Crippen LogP contribution in [0, 0.1) is 12.8 Å². The lowest BCUT2D eigenvalue weighted by Crippen LogP contribution is -2.43. The number of nitrogens with one attached hydrogen (secondary N) is 1. The molecule has 1 aliphatic heterocycles. The maximum absolute atomic E-state index is 12.3. The lowest BCUT2D eigenvalue weighted by molar-refractivity contribution is -0.142. The summed E-state index contributed by atoms with van der Waals surface area (Å²) in [7, 11) is -3.86. The van der Waals surface area contributed by atoms with Gasteiger partial charge in [0, 0.05) is 13.1 Å². The predicted molar refractivity (Wildman–Crippen MR) is 109 cm³/mol. The molecule has 0 spiro atoms. The summed E-state index contributed by atoms with van der Waals surface area (Å²) in [5.74, 6) is -1.23. The lowest BCUT2D eigenvalue weighted by atomic mass is 10.1. The lowest BCUT2D eigenvalue weighted by Gasteiger charge is -2.26. The number of carboxylic acid groups (broad SMARTS) is 1. The fourth-order valence-electron chi connectivity index (χ4n) is 3.01. The maximum atomic E-state index is 12.3. The number of hydrogen-bond acceptors (Lipinski definition) is 7. The van der Waals surface area contributed by atoms with E-state index in [0.717, 1.165) is 5.56 Å². The number of ether oxygens (including phenoxy) is 1. The molecule has 2 atom stereocenters. The van der Waals surface area contributed by atoms with Crippen LogP contribution >= 0.6 is 0 Å². The van der Waals surface area contributed by atoms with Gasteiger partial charge in [-0.05, 0) is 52.2 Å². The summed E-state index contributed by atoms with van der Waals surface area (Å²) in [6.07, 6.45) is -0.401. The molecule has 1 saturated heterocycles. The van der Waals surface area contributed by atoms with Crippen molar-refractivity contribution in [3.63, 3.8) is 0 Å². The molecule has 0 saturated carbocycles. The van der Waals surface area contributed by atoms with Crippen LogP contribution in [0.3, 0.4) is 0 Å². The number of sulfonamides is 1. The molecule has 0 bridgehead atoms. The van der Waals surface area contributed by atoms with E-state index in [9.17, 15) is 23.1 Å². The number of rotatable bonds is 7. The summed E-state index contributed by atoms with van der Waals surface area (Å²) in [6, 6.07) is 5.32. The minimum absolute atomic E-state index is 0.0498. The number of aliphatic carboxylic acids is 1. The molecule has 0 unspecified atom stereocenters. The third-order valence-electron chi connectivity index (χ3n) is 4.40. The first-order valence-electron chi connectivity index (χ1n) is 9.52. The Labute approximate surface area is 176 Å². The Morgan fingerprint density at radius 3 is 2.47 bits per heavy atom. The zero-order chi connectivity index (χ0) is 22.5. The molecular weight excluding hydrogens is 412 g/mol. The van der Waals surface area contributed by atoms with Gasteiger partial charge in [0.25, 0.3) is 10.0 Å². The van der Waals surface area contributed by atoms with E-state index < -0.39 is 33.7 Å². The average Bonchev–Trinajstić information content (AvgIpc) is 3.05. The molecule has 0 radical (unpaired) electrons. The van der Waals surface area contributed by atoms with Crippen LogP contribution in [0.5, 0.6) is 0 Å². The fraction of sp³-hybridized carbons (Fsp3) is 0.579. The van der Waals surface area contributed by atoms with Gasteiger partial charge < -0.3 is 9.84 Å². The third-order valence-corrected chi connectivity index (χ3v) is 5.60. The molecule has 1 aliphatic rings. The number of hydrogen-bond donors (Lipinski definition) is 2. The third kappa shape index (κ3) is 6.77. The van der Waals surface area contributed by atoms with E-state index in [1.165, 1.54) is 17.0 Å². The van der Waals surface area contributed by atoms with Crippen LogP contribution in [0.15, 0.2) is 38.8 Å². The molecule has 1 aromatic carbocycles. The van der Waals surface area contributed by atoms with Crippen molar-refractivity contribution in [1.29, 1.82) is 0 Å². The molecule has 30 heavy (non-hydrogen) atoms. The first-order chi connectivity index (χ1) is 13.9. The summed E-state index contributed by atoms with van der Waals surface area (Å²) in [5, 5.41) is 16.0. The Bertz CT molecular complexity index is 893. The van der Waals surface area contributed by atoms with Gasteiger partial charge in [0.1, 0.15) is 18.3 Å². The van der Waals surface area contributed by atoms with Crippen molar-refractivity contribution >= 4 is 22.1 Å². The normalized spacial score (nSPS) is 19.9. The maximum Gasteiger partial charge on any atom is 0.411 e. The molecule has 1 aromatic rings.